The molecule has 0 aliphatic heterocycles. The summed E-state index contributed by atoms with van der Waals surface area (Å²) in [7, 11) is 0. The van der Waals surface area contributed by atoms with Crippen molar-refractivity contribution in [2.75, 3.05) is 13.2 Å². The number of likely N-dealkylation sites (N-methyl/N-ethyl adjacent to an activating group) is 1. The summed E-state index contributed by atoms with van der Waals surface area (Å²) in [5.74, 6) is 0.961. The molecule has 0 spiro atoms. The highest BCUT2D eigenvalue weighted by molar-refractivity contribution is 9.10. The Hall–Kier alpha value is -1.32. The van der Waals surface area contributed by atoms with Gasteiger partial charge < -0.3 is 10.1 Å². The third-order valence-corrected chi connectivity index (χ3v) is 3.87. The van der Waals surface area contributed by atoms with Crippen LogP contribution in [0.2, 0.25) is 0 Å². The van der Waals surface area contributed by atoms with Gasteiger partial charge in [-0.25, -0.2) is 0 Å². The molecule has 2 aromatic carbocycles. The summed E-state index contributed by atoms with van der Waals surface area (Å²) in [6.45, 7) is 5.76. The van der Waals surface area contributed by atoms with Crippen molar-refractivity contribution in [1.82, 2.24) is 5.32 Å². The van der Waals surface area contributed by atoms with Gasteiger partial charge in [0, 0.05) is 16.1 Å². The summed E-state index contributed by atoms with van der Waals surface area (Å²) in [6.07, 6.45) is 0.950. The van der Waals surface area contributed by atoms with Gasteiger partial charge in [-0.1, -0.05) is 53.2 Å². The number of ether oxygens (including phenoxy) is 1. The van der Waals surface area contributed by atoms with Gasteiger partial charge in [0.2, 0.25) is 0 Å². The molecule has 2 aromatic rings. The molecule has 1 N–H and O–H groups in total. The predicted molar refractivity (Wildman–Crippen MR) is 91.9 cm³/mol. The summed E-state index contributed by atoms with van der Waals surface area (Å²) < 4.78 is 6.88. The normalized spacial score (nSPS) is 12.1. The largest absolute Gasteiger partial charge is 0.494 e. The molecule has 1 unspecified atom stereocenters. The van der Waals surface area contributed by atoms with Crippen molar-refractivity contribution in [1.29, 1.82) is 0 Å². The average molecular weight is 348 g/mol. The van der Waals surface area contributed by atoms with Gasteiger partial charge in [-0.3, -0.25) is 0 Å². The molecule has 0 aliphatic rings. The van der Waals surface area contributed by atoms with E-state index in [1.54, 1.807) is 0 Å². The zero-order valence-corrected chi connectivity index (χ0v) is 14.2. The average Bonchev–Trinajstić information content (AvgIpc) is 2.50. The maximum absolute atomic E-state index is 5.80. The highest BCUT2D eigenvalue weighted by atomic mass is 79.9. The van der Waals surface area contributed by atoms with Gasteiger partial charge in [-0.05, 0) is 43.7 Å². The number of nitrogens with one attached hydrogen (secondary N) is 1. The van der Waals surface area contributed by atoms with Crippen LogP contribution in [0.3, 0.4) is 0 Å². The van der Waals surface area contributed by atoms with E-state index in [1.165, 1.54) is 11.1 Å². The molecule has 0 radical (unpaired) electrons. The van der Waals surface area contributed by atoms with Gasteiger partial charge in [-0.15, -0.1) is 0 Å². The van der Waals surface area contributed by atoms with Crippen LogP contribution in [0.4, 0.5) is 0 Å². The van der Waals surface area contributed by atoms with E-state index in [0.29, 0.717) is 6.61 Å². The SMILES string of the molecule is CCNC(Cc1ccccc1)c1cc(Br)ccc1OCC. The maximum atomic E-state index is 5.80. The molecule has 21 heavy (non-hydrogen) atoms. The fourth-order valence-corrected chi connectivity index (χ4v) is 2.85. The number of rotatable bonds is 7. The minimum Gasteiger partial charge on any atom is -0.494 e. The Labute approximate surface area is 135 Å². The molecular formula is C18H22BrNO. The Morgan fingerprint density at radius 1 is 1.10 bits per heavy atom. The molecule has 2 rings (SSSR count). The fourth-order valence-electron chi connectivity index (χ4n) is 2.47. The molecule has 2 nitrogen and oxygen atoms in total. The fraction of sp³-hybridized carbons (Fsp3) is 0.333. The lowest BCUT2D eigenvalue weighted by molar-refractivity contribution is 0.331. The topological polar surface area (TPSA) is 21.3 Å². The molecule has 0 aromatic heterocycles. The molecular weight excluding hydrogens is 326 g/mol. The van der Waals surface area contributed by atoms with Crippen molar-refractivity contribution in [2.24, 2.45) is 0 Å². The van der Waals surface area contributed by atoms with E-state index in [2.05, 4.69) is 64.6 Å². The van der Waals surface area contributed by atoms with Crippen molar-refractivity contribution >= 4 is 15.9 Å². The van der Waals surface area contributed by atoms with Crippen molar-refractivity contribution < 1.29 is 4.74 Å². The van der Waals surface area contributed by atoms with Gasteiger partial charge >= 0.3 is 0 Å². The summed E-state index contributed by atoms with van der Waals surface area (Å²) in [5.41, 5.74) is 2.53. The summed E-state index contributed by atoms with van der Waals surface area (Å²) in [6, 6.07) is 17.0. The van der Waals surface area contributed by atoms with E-state index in [1.807, 2.05) is 19.1 Å². The molecule has 0 heterocycles. The zero-order chi connectivity index (χ0) is 15.1. The Kier molecular flexibility index (Phi) is 6.27. The van der Waals surface area contributed by atoms with E-state index in [9.17, 15) is 0 Å². The van der Waals surface area contributed by atoms with Crippen LogP contribution in [-0.2, 0) is 6.42 Å². The first-order chi connectivity index (χ1) is 10.2. The minimum atomic E-state index is 0.247. The summed E-state index contributed by atoms with van der Waals surface area (Å²) in [4.78, 5) is 0. The summed E-state index contributed by atoms with van der Waals surface area (Å²) >= 11 is 3.57. The first-order valence-corrected chi connectivity index (χ1v) is 8.23. The Bertz CT molecular complexity index is 556. The molecule has 0 aliphatic carbocycles. The molecule has 0 amide bonds. The van der Waals surface area contributed by atoms with Gasteiger partial charge in [0.05, 0.1) is 6.61 Å². The number of hydrogen-bond donors (Lipinski definition) is 1. The highest BCUT2D eigenvalue weighted by Crippen LogP contribution is 2.30. The first-order valence-electron chi connectivity index (χ1n) is 7.44. The standard InChI is InChI=1S/C18H22BrNO/c1-3-20-17(12-14-8-6-5-7-9-14)16-13-15(19)10-11-18(16)21-4-2/h5-11,13,17,20H,3-4,12H2,1-2H3. The van der Waals surface area contributed by atoms with Crippen molar-refractivity contribution in [2.45, 2.75) is 26.3 Å². The van der Waals surface area contributed by atoms with Crippen LogP contribution in [0.15, 0.2) is 53.0 Å². The molecule has 0 saturated heterocycles. The van der Waals surface area contributed by atoms with E-state index in [0.717, 1.165) is 23.2 Å². The van der Waals surface area contributed by atoms with Crippen LogP contribution in [-0.4, -0.2) is 13.2 Å². The predicted octanol–water partition coefficient (Wildman–Crippen LogP) is 4.74. The van der Waals surface area contributed by atoms with Gasteiger partial charge in [0.15, 0.2) is 0 Å². The zero-order valence-electron chi connectivity index (χ0n) is 12.6. The highest BCUT2D eigenvalue weighted by Gasteiger charge is 2.16. The van der Waals surface area contributed by atoms with Gasteiger partial charge in [0.25, 0.3) is 0 Å². The first kappa shape index (κ1) is 16.1. The second-order valence-electron chi connectivity index (χ2n) is 4.92. The van der Waals surface area contributed by atoms with E-state index in [-0.39, 0.29) is 6.04 Å². The second kappa shape index (κ2) is 8.20. The Balaban J connectivity index is 2.30. The van der Waals surface area contributed by atoms with Crippen LogP contribution in [0, 0.1) is 0 Å². The Morgan fingerprint density at radius 2 is 1.86 bits per heavy atom. The molecule has 1 atom stereocenters. The van der Waals surface area contributed by atoms with E-state index >= 15 is 0 Å². The quantitative estimate of drug-likeness (QED) is 0.780. The Morgan fingerprint density at radius 3 is 2.52 bits per heavy atom. The van der Waals surface area contributed by atoms with Crippen LogP contribution in [0.5, 0.6) is 5.75 Å². The second-order valence-corrected chi connectivity index (χ2v) is 5.83. The van der Waals surface area contributed by atoms with Crippen molar-refractivity contribution in [3.8, 4) is 5.75 Å². The van der Waals surface area contributed by atoms with Crippen LogP contribution in [0.25, 0.3) is 0 Å². The summed E-state index contributed by atoms with van der Waals surface area (Å²) in [5, 5.41) is 3.57. The molecule has 0 fully saturated rings. The lowest BCUT2D eigenvalue weighted by atomic mass is 9.98. The van der Waals surface area contributed by atoms with Crippen molar-refractivity contribution in [3.05, 3.63) is 64.1 Å². The van der Waals surface area contributed by atoms with Crippen LogP contribution < -0.4 is 10.1 Å². The molecule has 0 saturated carbocycles. The number of hydrogen-bond acceptors (Lipinski definition) is 2. The number of benzene rings is 2. The monoisotopic (exact) mass is 347 g/mol. The van der Waals surface area contributed by atoms with E-state index < -0.39 is 0 Å². The molecule has 3 heteroatoms. The van der Waals surface area contributed by atoms with Gasteiger partial charge in [0.1, 0.15) is 5.75 Å². The van der Waals surface area contributed by atoms with Crippen molar-refractivity contribution in [3.63, 3.8) is 0 Å². The third kappa shape index (κ3) is 4.58. The number of halogens is 1. The van der Waals surface area contributed by atoms with Gasteiger partial charge in [-0.2, -0.15) is 0 Å². The third-order valence-electron chi connectivity index (χ3n) is 3.38. The smallest absolute Gasteiger partial charge is 0.124 e. The van der Waals surface area contributed by atoms with Crippen LogP contribution in [0.1, 0.15) is 31.0 Å². The lowest BCUT2D eigenvalue weighted by Crippen LogP contribution is -2.23. The molecule has 0 bridgehead atoms. The lowest BCUT2D eigenvalue weighted by Gasteiger charge is -2.22. The maximum Gasteiger partial charge on any atom is 0.124 e. The van der Waals surface area contributed by atoms with Crippen LogP contribution >= 0.6 is 15.9 Å². The minimum absolute atomic E-state index is 0.247. The van der Waals surface area contributed by atoms with E-state index in [4.69, 9.17) is 4.74 Å². The molecule has 112 valence electrons.